The molecule has 0 aliphatic carbocycles. The first-order chi connectivity index (χ1) is 13.2. The maximum absolute atomic E-state index is 12.1. The molecule has 1 atom stereocenters. The molecule has 1 fully saturated rings. The molecule has 27 heavy (non-hydrogen) atoms. The van der Waals surface area contributed by atoms with Gasteiger partial charge in [0, 0.05) is 38.8 Å². The summed E-state index contributed by atoms with van der Waals surface area (Å²) in [5.74, 6) is 0. The smallest absolute Gasteiger partial charge is 0.407 e. The van der Waals surface area contributed by atoms with Crippen LogP contribution in [-0.2, 0) is 17.8 Å². The molecule has 1 amide bonds. The van der Waals surface area contributed by atoms with Crippen LogP contribution < -0.4 is 5.32 Å². The lowest BCUT2D eigenvalue weighted by molar-refractivity contribution is 0.103. The molecule has 1 saturated heterocycles. The molecule has 0 spiro atoms. The van der Waals surface area contributed by atoms with Crippen molar-refractivity contribution in [2.24, 2.45) is 0 Å². The van der Waals surface area contributed by atoms with E-state index in [9.17, 15) is 4.79 Å². The van der Waals surface area contributed by atoms with Crippen molar-refractivity contribution in [3.8, 4) is 0 Å². The number of carbonyl (C=O) groups is 1. The quantitative estimate of drug-likeness (QED) is 0.817. The fraction of sp³-hybridized carbons (Fsp3) is 0.409. The average Bonchev–Trinajstić information content (AvgIpc) is 2.72. The van der Waals surface area contributed by atoms with Crippen LogP contribution in [0.2, 0.25) is 0 Å². The summed E-state index contributed by atoms with van der Waals surface area (Å²) in [6.07, 6.45) is 0.565. The standard InChI is InChI=1S/C22H29N3O2/c1-24-12-14-25(15-13-24)21(16-19-8-4-2-5-9-19)17-23-22(26)27-18-20-10-6-3-7-11-20/h2-11,21H,12-18H2,1H3,(H,23,26). The van der Waals surface area contributed by atoms with Gasteiger partial charge in [0.15, 0.2) is 0 Å². The molecular weight excluding hydrogens is 338 g/mol. The summed E-state index contributed by atoms with van der Waals surface area (Å²) in [6.45, 7) is 5.05. The zero-order chi connectivity index (χ0) is 18.9. The van der Waals surface area contributed by atoms with E-state index in [4.69, 9.17) is 4.74 Å². The molecule has 5 heteroatoms. The number of rotatable bonds is 7. The SMILES string of the molecule is CN1CCN(C(CNC(=O)OCc2ccccc2)Cc2ccccc2)CC1. The Hall–Kier alpha value is -2.37. The monoisotopic (exact) mass is 367 g/mol. The Morgan fingerprint density at radius 2 is 1.56 bits per heavy atom. The van der Waals surface area contributed by atoms with Gasteiger partial charge in [0.2, 0.25) is 0 Å². The van der Waals surface area contributed by atoms with Crippen molar-refractivity contribution in [2.45, 2.75) is 19.1 Å². The molecular formula is C22H29N3O2. The van der Waals surface area contributed by atoms with Crippen molar-refractivity contribution >= 4 is 6.09 Å². The van der Waals surface area contributed by atoms with Crippen LogP contribution in [0.3, 0.4) is 0 Å². The fourth-order valence-electron chi connectivity index (χ4n) is 3.38. The Morgan fingerprint density at radius 1 is 0.963 bits per heavy atom. The second kappa shape index (κ2) is 10.1. The molecule has 0 radical (unpaired) electrons. The molecule has 1 aliphatic heterocycles. The molecule has 1 unspecified atom stereocenters. The molecule has 1 N–H and O–H groups in total. The van der Waals surface area contributed by atoms with E-state index in [2.05, 4.69) is 46.4 Å². The van der Waals surface area contributed by atoms with E-state index in [1.165, 1.54) is 5.56 Å². The Morgan fingerprint density at radius 3 is 2.19 bits per heavy atom. The fourth-order valence-corrected chi connectivity index (χ4v) is 3.38. The second-order valence-corrected chi connectivity index (χ2v) is 7.13. The normalized spacial score (nSPS) is 16.6. The van der Waals surface area contributed by atoms with E-state index in [1.54, 1.807) is 0 Å². The topological polar surface area (TPSA) is 44.8 Å². The van der Waals surface area contributed by atoms with Gasteiger partial charge in [0.05, 0.1) is 0 Å². The number of hydrogen-bond donors (Lipinski definition) is 1. The summed E-state index contributed by atoms with van der Waals surface area (Å²) in [4.78, 5) is 17.0. The lowest BCUT2D eigenvalue weighted by atomic mass is 10.0. The highest BCUT2D eigenvalue weighted by Gasteiger charge is 2.23. The van der Waals surface area contributed by atoms with Crippen molar-refractivity contribution < 1.29 is 9.53 Å². The number of hydrogen-bond acceptors (Lipinski definition) is 4. The van der Waals surface area contributed by atoms with Crippen LogP contribution >= 0.6 is 0 Å². The molecule has 0 saturated carbocycles. The molecule has 144 valence electrons. The summed E-state index contributed by atoms with van der Waals surface area (Å²) in [5.41, 5.74) is 2.29. The predicted octanol–water partition coefficient (Wildman–Crippen LogP) is 2.77. The van der Waals surface area contributed by atoms with Crippen molar-refractivity contribution in [1.82, 2.24) is 15.1 Å². The highest BCUT2D eigenvalue weighted by atomic mass is 16.5. The Kier molecular flexibility index (Phi) is 7.25. The van der Waals surface area contributed by atoms with Crippen molar-refractivity contribution in [3.63, 3.8) is 0 Å². The van der Waals surface area contributed by atoms with E-state index in [-0.39, 0.29) is 12.1 Å². The number of nitrogens with zero attached hydrogens (tertiary/aromatic N) is 2. The van der Waals surface area contributed by atoms with Gasteiger partial charge in [-0.1, -0.05) is 60.7 Å². The van der Waals surface area contributed by atoms with Gasteiger partial charge in [-0.25, -0.2) is 4.79 Å². The van der Waals surface area contributed by atoms with E-state index in [0.29, 0.717) is 13.2 Å². The first kappa shape index (κ1) is 19.4. The number of piperazine rings is 1. The van der Waals surface area contributed by atoms with Gasteiger partial charge in [0.25, 0.3) is 0 Å². The van der Waals surface area contributed by atoms with Crippen LogP contribution in [0.15, 0.2) is 60.7 Å². The van der Waals surface area contributed by atoms with E-state index >= 15 is 0 Å². The number of nitrogens with one attached hydrogen (secondary N) is 1. The van der Waals surface area contributed by atoms with Gasteiger partial charge < -0.3 is 15.0 Å². The first-order valence-corrected chi connectivity index (χ1v) is 9.62. The third-order valence-electron chi connectivity index (χ3n) is 5.06. The minimum Gasteiger partial charge on any atom is -0.445 e. The van der Waals surface area contributed by atoms with Crippen LogP contribution in [0.25, 0.3) is 0 Å². The summed E-state index contributed by atoms with van der Waals surface area (Å²) in [5, 5.41) is 2.97. The van der Waals surface area contributed by atoms with Gasteiger partial charge in [-0.3, -0.25) is 4.90 Å². The molecule has 0 aromatic heterocycles. The Labute approximate surface area is 161 Å². The van der Waals surface area contributed by atoms with Gasteiger partial charge in [0.1, 0.15) is 6.61 Å². The van der Waals surface area contributed by atoms with Gasteiger partial charge in [-0.15, -0.1) is 0 Å². The van der Waals surface area contributed by atoms with Crippen LogP contribution in [0, 0.1) is 0 Å². The molecule has 1 aliphatic rings. The molecule has 3 rings (SSSR count). The predicted molar refractivity (Wildman–Crippen MR) is 108 cm³/mol. The van der Waals surface area contributed by atoms with Crippen molar-refractivity contribution in [3.05, 3.63) is 71.8 Å². The summed E-state index contributed by atoms with van der Waals surface area (Å²) in [7, 11) is 2.16. The number of benzene rings is 2. The van der Waals surface area contributed by atoms with E-state index in [1.807, 2.05) is 36.4 Å². The Balaban J connectivity index is 1.53. The number of ether oxygens (including phenoxy) is 1. The molecule has 0 bridgehead atoms. The summed E-state index contributed by atoms with van der Waals surface area (Å²) >= 11 is 0. The maximum atomic E-state index is 12.1. The van der Waals surface area contributed by atoms with Gasteiger partial charge in [-0.05, 0) is 24.6 Å². The lowest BCUT2D eigenvalue weighted by Gasteiger charge is -2.38. The molecule has 1 heterocycles. The minimum atomic E-state index is -0.356. The summed E-state index contributed by atoms with van der Waals surface area (Å²) in [6, 6.07) is 20.5. The Bertz CT molecular complexity index is 685. The third-order valence-corrected chi connectivity index (χ3v) is 5.06. The third kappa shape index (κ3) is 6.38. The zero-order valence-electron chi connectivity index (χ0n) is 16.0. The highest BCUT2D eigenvalue weighted by molar-refractivity contribution is 5.67. The lowest BCUT2D eigenvalue weighted by Crippen LogP contribution is -2.53. The zero-order valence-corrected chi connectivity index (χ0v) is 16.0. The number of alkyl carbamates (subject to hydrolysis) is 1. The highest BCUT2D eigenvalue weighted by Crippen LogP contribution is 2.11. The second-order valence-electron chi connectivity index (χ2n) is 7.13. The number of likely N-dealkylation sites (N-methyl/N-ethyl adjacent to an activating group) is 1. The van der Waals surface area contributed by atoms with Crippen LogP contribution in [-0.4, -0.2) is 61.7 Å². The van der Waals surface area contributed by atoms with Crippen LogP contribution in [0.1, 0.15) is 11.1 Å². The van der Waals surface area contributed by atoms with Gasteiger partial charge in [-0.2, -0.15) is 0 Å². The number of amides is 1. The van der Waals surface area contributed by atoms with Crippen LogP contribution in [0.5, 0.6) is 0 Å². The first-order valence-electron chi connectivity index (χ1n) is 9.62. The average molecular weight is 367 g/mol. The molecule has 2 aromatic carbocycles. The van der Waals surface area contributed by atoms with E-state index in [0.717, 1.165) is 38.2 Å². The maximum Gasteiger partial charge on any atom is 0.407 e. The molecule has 5 nitrogen and oxygen atoms in total. The van der Waals surface area contributed by atoms with Crippen molar-refractivity contribution in [2.75, 3.05) is 39.8 Å². The van der Waals surface area contributed by atoms with E-state index < -0.39 is 0 Å². The van der Waals surface area contributed by atoms with Gasteiger partial charge >= 0.3 is 6.09 Å². The summed E-state index contributed by atoms with van der Waals surface area (Å²) < 4.78 is 5.36. The van der Waals surface area contributed by atoms with Crippen LogP contribution in [0.4, 0.5) is 4.79 Å². The minimum absolute atomic E-state index is 0.269. The van der Waals surface area contributed by atoms with Crippen molar-refractivity contribution in [1.29, 1.82) is 0 Å². The number of carbonyl (C=O) groups excluding carboxylic acids is 1. The largest absolute Gasteiger partial charge is 0.445 e. The molecule has 2 aromatic rings.